The molecule has 0 aliphatic carbocycles. The number of ether oxygens (including phenoxy) is 1. The predicted octanol–water partition coefficient (Wildman–Crippen LogP) is 2.41. The molecule has 0 saturated heterocycles. The van der Waals surface area contributed by atoms with E-state index in [9.17, 15) is 10.2 Å². The number of para-hydroxylation sites is 2. The SMILES string of the molecule is Cc1ncc2c(c1O)C(=Nc1ccccc1O)OC2. The lowest BCUT2D eigenvalue weighted by Crippen LogP contribution is -1.99. The number of aliphatic imine (C=N–C) groups is 1. The van der Waals surface area contributed by atoms with E-state index in [1.807, 2.05) is 0 Å². The highest BCUT2D eigenvalue weighted by molar-refractivity contribution is 6.01. The molecule has 0 atom stereocenters. The Morgan fingerprint density at radius 3 is 2.84 bits per heavy atom. The van der Waals surface area contributed by atoms with Crippen molar-refractivity contribution in [1.29, 1.82) is 0 Å². The fraction of sp³-hybridized carbons (Fsp3) is 0.143. The first-order chi connectivity index (χ1) is 9.16. The molecule has 5 heteroatoms. The molecule has 19 heavy (non-hydrogen) atoms. The van der Waals surface area contributed by atoms with Gasteiger partial charge in [0, 0.05) is 11.8 Å². The van der Waals surface area contributed by atoms with E-state index in [4.69, 9.17) is 4.74 Å². The van der Waals surface area contributed by atoms with E-state index in [1.165, 1.54) is 0 Å². The topological polar surface area (TPSA) is 74.9 Å². The number of fused-ring (bicyclic) bond motifs is 1. The van der Waals surface area contributed by atoms with E-state index in [0.29, 0.717) is 29.4 Å². The molecular weight excluding hydrogens is 244 g/mol. The monoisotopic (exact) mass is 256 g/mol. The average molecular weight is 256 g/mol. The molecule has 2 aromatic rings. The Kier molecular flexibility index (Phi) is 2.59. The van der Waals surface area contributed by atoms with Crippen molar-refractivity contribution in [3.8, 4) is 11.5 Å². The maximum absolute atomic E-state index is 10.1. The fourth-order valence-corrected chi connectivity index (χ4v) is 1.96. The highest BCUT2D eigenvalue weighted by atomic mass is 16.5. The van der Waals surface area contributed by atoms with Crippen molar-refractivity contribution < 1.29 is 14.9 Å². The van der Waals surface area contributed by atoms with Crippen LogP contribution in [-0.4, -0.2) is 21.1 Å². The minimum Gasteiger partial charge on any atom is -0.506 e. The van der Waals surface area contributed by atoms with Crippen LogP contribution >= 0.6 is 0 Å². The predicted molar refractivity (Wildman–Crippen MR) is 69.7 cm³/mol. The van der Waals surface area contributed by atoms with Gasteiger partial charge in [-0.1, -0.05) is 12.1 Å². The number of rotatable bonds is 1. The fourth-order valence-electron chi connectivity index (χ4n) is 1.96. The summed E-state index contributed by atoms with van der Waals surface area (Å²) >= 11 is 0. The smallest absolute Gasteiger partial charge is 0.226 e. The highest BCUT2D eigenvalue weighted by Crippen LogP contribution is 2.33. The second-order valence-corrected chi connectivity index (χ2v) is 4.29. The van der Waals surface area contributed by atoms with Gasteiger partial charge in [0.2, 0.25) is 5.90 Å². The van der Waals surface area contributed by atoms with E-state index < -0.39 is 0 Å². The van der Waals surface area contributed by atoms with E-state index in [-0.39, 0.29) is 11.5 Å². The summed E-state index contributed by atoms with van der Waals surface area (Å²) in [4.78, 5) is 8.33. The number of phenolic OH excluding ortho intramolecular Hbond substituents is 1. The third-order valence-electron chi connectivity index (χ3n) is 3.00. The molecule has 0 saturated carbocycles. The zero-order valence-electron chi connectivity index (χ0n) is 10.3. The maximum atomic E-state index is 10.1. The van der Waals surface area contributed by atoms with Gasteiger partial charge in [0.1, 0.15) is 23.8 Å². The molecule has 0 fully saturated rings. The lowest BCUT2D eigenvalue weighted by molar-refractivity contribution is 0.312. The number of aryl methyl sites for hydroxylation is 1. The number of aromatic hydroxyl groups is 2. The van der Waals surface area contributed by atoms with Crippen molar-refractivity contribution in [2.45, 2.75) is 13.5 Å². The Labute approximate surface area is 109 Å². The van der Waals surface area contributed by atoms with Gasteiger partial charge >= 0.3 is 0 Å². The van der Waals surface area contributed by atoms with Crippen LogP contribution in [0.1, 0.15) is 16.8 Å². The Morgan fingerprint density at radius 2 is 2.05 bits per heavy atom. The van der Waals surface area contributed by atoms with Crippen LogP contribution in [0.3, 0.4) is 0 Å². The van der Waals surface area contributed by atoms with E-state index in [0.717, 1.165) is 5.56 Å². The minimum atomic E-state index is 0.0670. The Hall–Kier alpha value is -2.56. The van der Waals surface area contributed by atoms with Crippen molar-refractivity contribution >= 4 is 11.6 Å². The van der Waals surface area contributed by atoms with Gasteiger partial charge in [0.25, 0.3) is 0 Å². The molecule has 2 heterocycles. The van der Waals surface area contributed by atoms with Gasteiger partial charge < -0.3 is 14.9 Å². The van der Waals surface area contributed by atoms with Crippen LogP contribution in [0.4, 0.5) is 5.69 Å². The summed E-state index contributed by atoms with van der Waals surface area (Å²) in [5, 5.41) is 19.8. The molecule has 0 spiro atoms. The third kappa shape index (κ3) is 1.89. The molecule has 0 radical (unpaired) electrons. The molecule has 2 N–H and O–H groups in total. The first-order valence-electron chi connectivity index (χ1n) is 5.84. The van der Waals surface area contributed by atoms with Gasteiger partial charge in [-0.15, -0.1) is 0 Å². The maximum Gasteiger partial charge on any atom is 0.226 e. The number of phenols is 1. The van der Waals surface area contributed by atoms with Crippen LogP contribution < -0.4 is 0 Å². The van der Waals surface area contributed by atoms with Gasteiger partial charge in [-0.25, -0.2) is 4.99 Å². The Bertz CT molecular complexity index is 680. The lowest BCUT2D eigenvalue weighted by Gasteiger charge is -2.04. The quantitative estimate of drug-likeness (QED) is 0.821. The molecule has 1 aliphatic heterocycles. The normalized spacial score (nSPS) is 15.3. The van der Waals surface area contributed by atoms with Crippen LogP contribution in [0, 0.1) is 6.92 Å². The van der Waals surface area contributed by atoms with E-state index in [2.05, 4.69) is 9.98 Å². The first kappa shape index (κ1) is 11.5. The summed E-state index contributed by atoms with van der Waals surface area (Å²) < 4.78 is 5.46. The second kappa shape index (κ2) is 4.28. The summed E-state index contributed by atoms with van der Waals surface area (Å²) in [5.74, 6) is 0.445. The van der Waals surface area contributed by atoms with Crippen LogP contribution in [0.15, 0.2) is 35.5 Å². The molecule has 3 rings (SSSR count). The van der Waals surface area contributed by atoms with Gasteiger partial charge in [-0.05, 0) is 19.1 Å². The summed E-state index contributed by atoms with van der Waals surface area (Å²) in [5.41, 5.74) is 2.27. The van der Waals surface area contributed by atoms with Gasteiger partial charge in [0.05, 0.1) is 11.3 Å². The molecule has 1 aromatic carbocycles. The molecule has 0 amide bonds. The highest BCUT2D eigenvalue weighted by Gasteiger charge is 2.25. The van der Waals surface area contributed by atoms with Crippen LogP contribution in [0.5, 0.6) is 11.5 Å². The molecule has 0 bridgehead atoms. The van der Waals surface area contributed by atoms with Crippen molar-refractivity contribution in [3.05, 3.63) is 47.3 Å². The molecule has 5 nitrogen and oxygen atoms in total. The summed E-state index contributed by atoms with van der Waals surface area (Å²) in [6.45, 7) is 2.04. The van der Waals surface area contributed by atoms with Gasteiger partial charge in [-0.2, -0.15) is 0 Å². The summed E-state index contributed by atoms with van der Waals surface area (Å²) in [6, 6.07) is 6.71. The second-order valence-electron chi connectivity index (χ2n) is 4.29. The van der Waals surface area contributed by atoms with Crippen molar-refractivity contribution in [1.82, 2.24) is 4.98 Å². The molecule has 1 aliphatic rings. The van der Waals surface area contributed by atoms with Gasteiger partial charge in [-0.3, -0.25) is 4.98 Å². The van der Waals surface area contributed by atoms with Crippen LogP contribution in [-0.2, 0) is 11.3 Å². The van der Waals surface area contributed by atoms with Crippen molar-refractivity contribution in [3.63, 3.8) is 0 Å². The van der Waals surface area contributed by atoms with E-state index >= 15 is 0 Å². The molecule has 0 unspecified atom stereocenters. The van der Waals surface area contributed by atoms with Gasteiger partial charge in [0.15, 0.2) is 0 Å². The zero-order valence-corrected chi connectivity index (χ0v) is 10.3. The number of nitrogens with zero attached hydrogens (tertiary/aromatic N) is 2. The number of aromatic nitrogens is 1. The Balaban J connectivity index is 2.13. The number of hydrogen-bond donors (Lipinski definition) is 2. The number of benzene rings is 1. The number of pyridine rings is 1. The lowest BCUT2D eigenvalue weighted by atomic mass is 10.1. The first-order valence-corrected chi connectivity index (χ1v) is 5.84. The Morgan fingerprint density at radius 1 is 1.26 bits per heavy atom. The molecule has 1 aromatic heterocycles. The molecular formula is C14H12N2O3. The van der Waals surface area contributed by atoms with Crippen LogP contribution in [0.2, 0.25) is 0 Å². The summed E-state index contributed by atoms with van der Waals surface area (Å²) in [7, 11) is 0. The third-order valence-corrected chi connectivity index (χ3v) is 3.00. The minimum absolute atomic E-state index is 0.0670. The zero-order chi connectivity index (χ0) is 13.4. The van der Waals surface area contributed by atoms with E-state index in [1.54, 1.807) is 37.4 Å². The van der Waals surface area contributed by atoms with Crippen molar-refractivity contribution in [2.75, 3.05) is 0 Å². The summed E-state index contributed by atoms with van der Waals surface area (Å²) in [6.07, 6.45) is 1.66. The number of hydrogen-bond acceptors (Lipinski definition) is 5. The standard InChI is InChI=1S/C14H12N2O3/c1-8-13(18)12-9(6-15-8)7-19-14(12)16-10-4-2-3-5-11(10)17/h2-6,17-18H,7H2,1H3. The average Bonchev–Trinajstić information content (AvgIpc) is 2.81. The van der Waals surface area contributed by atoms with Crippen molar-refractivity contribution in [2.24, 2.45) is 4.99 Å². The van der Waals surface area contributed by atoms with Crippen LogP contribution in [0.25, 0.3) is 0 Å². The molecule has 96 valence electrons. The largest absolute Gasteiger partial charge is 0.506 e.